The molecule has 2 N–H and O–H groups in total. The van der Waals surface area contributed by atoms with Crippen molar-refractivity contribution in [3.05, 3.63) is 29.8 Å². The van der Waals surface area contributed by atoms with Crippen LogP contribution in [0.25, 0.3) is 0 Å². The molecule has 0 amide bonds. The van der Waals surface area contributed by atoms with Gasteiger partial charge in [-0.15, -0.1) is 0 Å². The Morgan fingerprint density at radius 3 is 2.74 bits per heavy atom. The molecule has 0 aliphatic rings. The van der Waals surface area contributed by atoms with E-state index in [4.69, 9.17) is 14.2 Å². The Morgan fingerprint density at radius 2 is 2.04 bits per heavy atom. The summed E-state index contributed by atoms with van der Waals surface area (Å²) in [5.41, 5.74) is 1.14. The smallest absolute Gasteiger partial charge is 0.191 e. The van der Waals surface area contributed by atoms with Gasteiger partial charge in [0.05, 0.1) is 13.2 Å². The molecule has 6 nitrogen and oxygen atoms in total. The van der Waals surface area contributed by atoms with Crippen molar-refractivity contribution in [3.63, 3.8) is 0 Å². The van der Waals surface area contributed by atoms with Crippen LogP contribution in [0.5, 0.6) is 5.75 Å². The molecule has 0 heterocycles. The van der Waals surface area contributed by atoms with Crippen molar-refractivity contribution in [1.29, 1.82) is 0 Å². The average Bonchev–Trinajstić information content (AvgIpc) is 2.56. The van der Waals surface area contributed by atoms with Gasteiger partial charge in [0, 0.05) is 46.9 Å². The van der Waals surface area contributed by atoms with Crippen LogP contribution < -0.4 is 15.4 Å². The molecule has 1 atom stereocenters. The predicted molar refractivity (Wildman–Crippen MR) is 93.1 cm³/mol. The van der Waals surface area contributed by atoms with Crippen LogP contribution in [0.1, 0.15) is 18.9 Å². The molecule has 1 aromatic carbocycles. The summed E-state index contributed by atoms with van der Waals surface area (Å²) in [4.78, 5) is 4.21. The number of benzene rings is 1. The van der Waals surface area contributed by atoms with Crippen LogP contribution in [0.15, 0.2) is 29.3 Å². The summed E-state index contributed by atoms with van der Waals surface area (Å²) in [6.45, 7) is 4.72. The van der Waals surface area contributed by atoms with Gasteiger partial charge in [0.15, 0.2) is 5.96 Å². The topological polar surface area (TPSA) is 64.1 Å². The first kappa shape index (κ1) is 19.3. The Labute approximate surface area is 139 Å². The first-order valence-corrected chi connectivity index (χ1v) is 7.86. The van der Waals surface area contributed by atoms with Gasteiger partial charge < -0.3 is 24.8 Å². The third kappa shape index (κ3) is 8.42. The zero-order valence-electron chi connectivity index (χ0n) is 14.6. The minimum atomic E-state index is 0.196. The summed E-state index contributed by atoms with van der Waals surface area (Å²) in [7, 11) is 5.14. The molecule has 0 aromatic heterocycles. The summed E-state index contributed by atoms with van der Waals surface area (Å²) in [5.74, 6) is 1.62. The van der Waals surface area contributed by atoms with Crippen LogP contribution in [0, 0.1) is 0 Å². The van der Waals surface area contributed by atoms with Gasteiger partial charge in [-0.3, -0.25) is 4.99 Å². The van der Waals surface area contributed by atoms with Gasteiger partial charge in [0.2, 0.25) is 0 Å². The Balaban J connectivity index is 2.43. The van der Waals surface area contributed by atoms with E-state index in [0.29, 0.717) is 26.4 Å². The molecule has 0 saturated heterocycles. The fourth-order valence-corrected chi connectivity index (χ4v) is 2.04. The number of hydrogen-bond acceptors (Lipinski definition) is 4. The van der Waals surface area contributed by atoms with Crippen molar-refractivity contribution in [1.82, 2.24) is 10.6 Å². The van der Waals surface area contributed by atoms with E-state index in [1.807, 2.05) is 25.1 Å². The maximum atomic E-state index is 5.71. The lowest BCUT2D eigenvalue weighted by molar-refractivity contribution is 0.172. The maximum absolute atomic E-state index is 5.71. The van der Waals surface area contributed by atoms with Gasteiger partial charge in [0.25, 0.3) is 0 Å². The van der Waals surface area contributed by atoms with Crippen LogP contribution in [0.3, 0.4) is 0 Å². The molecule has 0 saturated carbocycles. The van der Waals surface area contributed by atoms with Gasteiger partial charge in [-0.05, 0) is 24.6 Å². The largest absolute Gasteiger partial charge is 0.493 e. The summed E-state index contributed by atoms with van der Waals surface area (Å²) in [5, 5.41) is 6.56. The fraction of sp³-hybridized carbons (Fsp3) is 0.588. The second-order valence-electron chi connectivity index (χ2n) is 5.27. The van der Waals surface area contributed by atoms with Crippen LogP contribution in [0.4, 0.5) is 0 Å². The molecule has 6 heteroatoms. The van der Waals surface area contributed by atoms with E-state index in [2.05, 4.69) is 21.7 Å². The van der Waals surface area contributed by atoms with E-state index < -0.39 is 0 Å². The van der Waals surface area contributed by atoms with Crippen molar-refractivity contribution < 1.29 is 14.2 Å². The first-order valence-electron chi connectivity index (χ1n) is 7.86. The van der Waals surface area contributed by atoms with Crippen LogP contribution in [-0.4, -0.2) is 53.1 Å². The number of nitrogens with one attached hydrogen (secondary N) is 2. The number of guanidine groups is 1. The summed E-state index contributed by atoms with van der Waals surface area (Å²) < 4.78 is 15.8. The molecule has 23 heavy (non-hydrogen) atoms. The van der Waals surface area contributed by atoms with Gasteiger partial charge in [0.1, 0.15) is 5.75 Å². The molecule has 0 spiro atoms. The number of rotatable bonds is 10. The molecule has 0 aliphatic carbocycles. The summed E-state index contributed by atoms with van der Waals surface area (Å²) in [6, 6.07) is 8.24. The fourth-order valence-electron chi connectivity index (χ4n) is 2.04. The Hall–Kier alpha value is -1.79. The lowest BCUT2D eigenvalue weighted by atomic mass is 10.2. The SMILES string of the molecule is CN=C(NCc1cccc(OCCCOC)c1)NC(C)COC. The van der Waals surface area contributed by atoms with Gasteiger partial charge in [-0.1, -0.05) is 12.1 Å². The zero-order chi connectivity index (χ0) is 16.9. The Morgan fingerprint density at radius 1 is 1.22 bits per heavy atom. The average molecular weight is 323 g/mol. The summed E-state index contributed by atoms with van der Waals surface area (Å²) >= 11 is 0. The standard InChI is InChI=1S/C17H29N3O3/c1-14(13-22-4)20-17(18-2)19-12-15-7-5-8-16(11-15)23-10-6-9-21-3/h5,7-8,11,14H,6,9-10,12-13H2,1-4H3,(H2,18,19,20). The monoisotopic (exact) mass is 323 g/mol. The van der Waals surface area contributed by atoms with Crippen LogP contribution >= 0.6 is 0 Å². The zero-order valence-corrected chi connectivity index (χ0v) is 14.6. The van der Waals surface area contributed by atoms with Crippen molar-refractivity contribution in [3.8, 4) is 5.75 Å². The molecule has 0 aliphatic heterocycles. The lowest BCUT2D eigenvalue weighted by Crippen LogP contribution is -2.43. The van der Waals surface area contributed by atoms with E-state index >= 15 is 0 Å². The number of methoxy groups -OCH3 is 2. The molecular weight excluding hydrogens is 294 g/mol. The normalized spacial score (nSPS) is 12.8. The number of aliphatic imine (C=N–C) groups is 1. The lowest BCUT2D eigenvalue weighted by Gasteiger charge is -2.17. The Kier molecular flexibility index (Phi) is 9.83. The molecular formula is C17H29N3O3. The van der Waals surface area contributed by atoms with Crippen LogP contribution in [-0.2, 0) is 16.0 Å². The number of hydrogen-bond donors (Lipinski definition) is 2. The first-order chi connectivity index (χ1) is 11.2. The molecule has 1 unspecified atom stereocenters. The van der Waals surface area contributed by atoms with Crippen molar-refractivity contribution in [2.45, 2.75) is 25.9 Å². The quantitative estimate of drug-likeness (QED) is 0.390. The van der Waals surface area contributed by atoms with E-state index in [1.165, 1.54) is 0 Å². The second kappa shape index (κ2) is 11.7. The molecule has 1 aromatic rings. The number of ether oxygens (including phenoxy) is 3. The molecule has 0 radical (unpaired) electrons. The van der Waals surface area contributed by atoms with E-state index in [1.54, 1.807) is 21.3 Å². The highest BCUT2D eigenvalue weighted by molar-refractivity contribution is 5.79. The van der Waals surface area contributed by atoms with Gasteiger partial charge in [-0.25, -0.2) is 0 Å². The van der Waals surface area contributed by atoms with Crippen molar-refractivity contribution in [2.24, 2.45) is 4.99 Å². The van der Waals surface area contributed by atoms with Crippen molar-refractivity contribution in [2.75, 3.05) is 41.1 Å². The molecule has 1 rings (SSSR count). The predicted octanol–water partition coefficient (Wildman–Crippen LogP) is 1.80. The highest BCUT2D eigenvalue weighted by Crippen LogP contribution is 2.13. The van der Waals surface area contributed by atoms with E-state index in [0.717, 1.165) is 23.7 Å². The highest BCUT2D eigenvalue weighted by atomic mass is 16.5. The van der Waals surface area contributed by atoms with E-state index in [9.17, 15) is 0 Å². The van der Waals surface area contributed by atoms with Gasteiger partial charge >= 0.3 is 0 Å². The van der Waals surface area contributed by atoms with Gasteiger partial charge in [-0.2, -0.15) is 0 Å². The molecule has 130 valence electrons. The third-order valence-electron chi connectivity index (χ3n) is 3.14. The minimum absolute atomic E-state index is 0.196. The second-order valence-corrected chi connectivity index (χ2v) is 5.27. The van der Waals surface area contributed by atoms with E-state index in [-0.39, 0.29) is 6.04 Å². The van der Waals surface area contributed by atoms with Crippen molar-refractivity contribution >= 4 is 5.96 Å². The summed E-state index contributed by atoms with van der Waals surface area (Å²) in [6.07, 6.45) is 0.882. The molecule has 0 bridgehead atoms. The Bertz CT molecular complexity index is 466. The maximum Gasteiger partial charge on any atom is 0.191 e. The molecule has 0 fully saturated rings. The van der Waals surface area contributed by atoms with Crippen LogP contribution in [0.2, 0.25) is 0 Å². The highest BCUT2D eigenvalue weighted by Gasteiger charge is 2.05. The number of nitrogens with zero attached hydrogens (tertiary/aromatic N) is 1. The third-order valence-corrected chi connectivity index (χ3v) is 3.14. The minimum Gasteiger partial charge on any atom is -0.493 e.